The number of rotatable bonds is 30. The fraction of sp³-hybridized carbons (Fsp3) is 0.722. The van der Waals surface area contributed by atoms with Crippen molar-refractivity contribution in [2.45, 2.75) is 116 Å². The quantitative estimate of drug-likeness (QED) is 0.0186. The standard InChI is InChI=1S/C36H68N14O9S/c1-7-20(4)28(34(58)59)50-33(57)23(11-9-14-43-36(40)41)49-31(55)22(10-8-13-42-35(38)39)48-32(56)24(12-15-60-6)46-26(51)18-45-30(54)25(16-19(2)3)47-27(52)17-44-29(53)21(5)37/h19-25,28H,7-18,37H2,1-6H3,(H,44,53)(H,45,54)(H,46,51)(H,47,52)(H,48,56)(H,49,55)(H,50,57)(H,58,59)(H4,38,39,42)(H4,40,41,43)/t20-,21-,22-,23-,24-,25-,28-/m0/s1. The first-order chi connectivity index (χ1) is 28.1. The summed E-state index contributed by atoms with van der Waals surface area (Å²) in [6.07, 6.45) is 2.97. The Labute approximate surface area is 355 Å². The van der Waals surface area contributed by atoms with E-state index in [4.69, 9.17) is 28.7 Å². The summed E-state index contributed by atoms with van der Waals surface area (Å²) in [6, 6.07) is -6.86. The molecule has 0 radical (unpaired) electrons. The molecule has 0 aromatic rings. The predicted molar refractivity (Wildman–Crippen MR) is 229 cm³/mol. The van der Waals surface area contributed by atoms with Gasteiger partial charge in [0.1, 0.15) is 30.2 Å². The molecule has 0 aliphatic rings. The number of carbonyl (C=O) groups is 8. The summed E-state index contributed by atoms with van der Waals surface area (Å²) in [5, 5.41) is 27.5. The maximum Gasteiger partial charge on any atom is 0.326 e. The van der Waals surface area contributed by atoms with Gasteiger partial charge in [-0.2, -0.15) is 11.8 Å². The van der Waals surface area contributed by atoms with Crippen LogP contribution in [-0.4, -0.2) is 139 Å². The van der Waals surface area contributed by atoms with Crippen molar-refractivity contribution in [2.75, 3.05) is 38.2 Å². The van der Waals surface area contributed by atoms with Crippen LogP contribution < -0.4 is 65.9 Å². The average Bonchev–Trinajstić information content (AvgIpc) is 3.17. The number of thioether (sulfide) groups is 1. The molecule has 342 valence electrons. The van der Waals surface area contributed by atoms with E-state index in [1.165, 1.54) is 18.7 Å². The van der Waals surface area contributed by atoms with E-state index in [0.717, 1.165) is 0 Å². The Kier molecular flexibility index (Phi) is 27.1. The van der Waals surface area contributed by atoms with Crippen LogP contribution >= 0.6 is 11.8 Å². The van der Waals surface area contributed by atoms with Crippen molar-refractivity contribution < 1.29 is 43.5 Å². The fourth-order valence-electron chi connectivity index (χ4n) is 5.34. The monoisotopic (exact) mass is 873 g/mol. The molecule has 24 heteroatoms. The molecule has 23 nitrogen and oxygen atoms in total. The number of hydrogen-bond donors (Lipinski definition) is 13. The lowest BCUT2D eigenvalue weighted by Crippen LogP contribution is -2.58. The summed E-state index contributed by atoms with van der Waals surface area (Å²) in [5.74, 6) is -6.64. The van der Waals surface area contributed by atoms with Gasteiger partial charge in [-0.25, -0.2) is 4.79 Å². The third-order valence-electron chi connectivity index (χ3n) is 8.81. The molecule has 7 atom stereocenters. The number of carboxylic acids is 1. The molecule has 0 aromatic heterocycles. The van der Waals surface area contributed by atoms with Crippen molar-refractivity contribution in [2.24, 2.45) is 50.5 Å². The summed E-state index contributed by atoms with van der Waals surface area (Å²) < 4.78 is 0. The maximum atomic E-state index is 13.9. The molecule has 0 saturated heterocycles. The highest BCUT2D eigenvalue weighted by atomic mass is 32.2. The zero-order valence-corrected chi connectivity index (χ0v) is 36.3. The van der Waals surface area contributed by atoms with Gasteiger partial charge in [0.25, 0.3) is 0 Å². The van der Waals surface area contributed by atoms with Crippen molar-refractivity contribution in [1.82, 2.24) is 37.2 Å². The van der Waals surface area contributed by atoms with Crippen molar-refractivity contribution >= 4 is 71.0 Å². The predicted octanol–water partition coefficient (Wildman–Crippen LogP) is -3.97. The second-order valence-electron chi connectivity index (χ2n) is 14.6. The van der Waals surface area contributed by atoms with E-state index in [1.807, 2.05) is 13.8 Å². The maximum absolute atomic E-state index is 13.9. The van der Waals surface area contributed by atoms with Crippen LogP contribution in [0.3, 0.4) is 0 Å². The lowest BCUT2D eigenvalue weighted by Gasteiger charge is -2.27. The highest BCUT2D eigenvalue weighted by Gasteiger charge is 2.33. The van der Waals surface area contributed by atoms with Crippen LogP contribution in [-0.2, 0) is 38.4 Å². The van der Waals surface area contributed by atoms with Crippen LogP contribution in [0.4, 0.5) is 0 Å². The van der Waals surface area contributed by atoms with Gasteiger partial charge in [0.05, 0.1) is 19.1 Å². The first-order valence-corrected chi connectivity index (χ1v) is 21.2. The van der Waals surface area contributed by atoms with Crippen molar-refractivity contribution in [3.8, 4) is 0 Å². The van der Waals surface area contributed by atoms with Crippen LogP contribution in [0.2, 0.25) is 0 Å². The average molecular weight is 873 g/mol. The molecular weight excluding hydrogens is 805 g/mol. The first kappa shape index (κ1) is 54.6. The molecule has 0 rings (SSSR count). The van der Waals surface area contributed by atoms with Crippen LogP contribution in [0.15, 0.2) is 9.98 Å². The number of aliphatic imine (C=N–C) groups is 2. The Balaban J connectivity index is 6.18. The van der Waals surface area contributed by atoms with Gasteiger partial charge in [-0.15, -0.1) is 0 Å². The first-order valence-electron chi connectivity index (χ1n) is 19.8. The van der Waals surface area contributed by atoms with Gasteiger partial charge in [0.2, 0.25) is 41.4 Å². The molecule has 60 heavy (non-hydrogen) atoms. The SMILES string of the molecule is CC[C@H](C)[C@H](NC(=O)[C@H](CCCN=C(N)N)NC(=O)[C@H](CCCN=C(N)N)NC(=O)[C@H](CCSC)NC(=O)CNC(=O)[C@H](CC(C)C)NC(=O)CNC(=O)[C@H](C)N)C(=O)O. The van der Waals surface area contributed by atoms with Gasteiger partial charge in [-0.1, -0.05) is 34.1 Å². The smallest absolute Gasteiger partial charge is 0.326 e. The Morgan fingerprint density at radius 3 is 1.45 bits per heavy atom. The molecule has 18 N–H and O–H groups in total. The number of carboxylic acid groups (broad SMARTS) is 1. The number of hydrogen-bond acceptors (Lipinski definition) is 12. The zero-order chi connectivity index (χ0) is 45.9. The third-order valence-corrected chi connectivity index (χ3v) is 9.46. The second-order valence-corrected chi connectivity index (χ2v) is 15.6. The zero-order valence-electron chi connectivity index (χ0n) is 35.5. The molecule has 0 heterocycles. The normalized spacial score (nSPS) is 14.3. The molecule has 7 amide bonds. The van der Waals surface area contributed by atoms with Crippen LogP contribution in [0.5, 0.6) is 0 Å². The minimum atomic E-state index is -1.28. The molecule has 0 aromatic carbocycles. The van der Waals surface area contributed by atoms with E-state index < -0.39 is 103 Å². The highest BCUT2D eigenvalue weighted by Crippen LogP contribution is 2.11. The van der Waals surface area contributed by atoms with Crippen molar-refractivity contribution in [3.63, 3.8) is 0 Å². The summed E-state index contributed by atoms with van der Waals surface area (Å²) >= 11 is 1.39. The van der Waals surface area contributed by atoms with Crippen molar-refractivity contribution in [3.05, 3.63) is 0 Å². The Bertz CT molecular complexity index is 1490. The molecule has 0 unspecified atom stereocenters. The number of aliphatic carboxylic acids is 1. The second kappa shape index (κ2) is 29.8. The molecule has 0 spiro atoms. The van der Waals surface area contributed by atoms with Crippen LogP contribution in [0.25, 0.3) is 0 Å². The van der Waals surface area contributed by atoms with E-state index >= 15 is 0 Å². The fourth-order valence-corrected chi connectivity index (χ4v) is 5.81. The number of nitrogens with zero attached hydrogens (tertiary/aromatic N) is 2. The lowest BCUT2D eigenvalue weighted by atomic mass is 9.98. The largest absolute Gasteiger partial charge is 0.480 e. The molecule has 0 saturated carbocycles. The number of nitrogens with one attached hydrogen (secondary N) is 7. The van der Waals surface area contributed by atoms with Gasteiger partial charge in [-0.3, -0.25) is 43.5 Å². The van der Waals surface area contributed by atoms with Gasteiger partial charge in [0.15, 0.2) is 11.9 Å². The highest BCUT2D eigenvalue weighted by molar-refractivity contribution is 7.98. The van der Waals surface area contributed by atoms with E-state index in [9.17, 15) is 43.5 Å². The Hall–Kier alpha value is -5.39. The Morgan fingerprint density at radius 2 is 1.05 bits per heavy atom. The summed E-state index contributed by atoms with van der Waals surface area (Å²) in [4.78, 5) is 111. The van der Waals surface area contributed by atoms with Crippen LogP contribution in [0, 0.1) is 11.8 Å². The topological polar surface area (TPSA) is 396 Å². The minimum absolute atomic E-state index is 0.000175. The number of carbonyl (C=O) groups excluding carboxylic acids is 7. The lowest BCUT2D eigenvalue weighted by molar-refractivity contribution is -0.144. The molecule has 0 bridgehead atoms. The minimum Gasteiger partial charge on any atom is -0.480 e. The van der Waals surface area contributed by atoms with Gasteiger partial charge >= 0.3 is 5.97 Å². The van der Waals surface area contributed by atoms with E-state index in [1.54, 1.807) is 20.1 Å². The van der Waals surface area contributed by atoms with Gasteiger partial charge in [0, 0.05) is 13.1 Å². The van der Waals surface area contributed by atoms with E-state index in [-0.39, 0.29) is 69.5 Å². The van der Waals surface area contributed by atoms with Gasteiger partial charge < -0.3 is 71.0 Å². The van der Waals surface area contributed by atoms with Crippen molar-refractivity contribution in [1.29, 1.82) is 0 Å². The number of guanidine groups is 2. The molecule has 0 fully saturated rings. The summed E-state index contributed by atoms with van der Waals surface area (Å²) in [6.45, 7) is 7.74. The Morgan fingerprint density at radius 1 is 0.617 bits per heavy atom. The molecule has 0 aliphatic carbocycles. The van der Waals surface area contributed by atoms with E-state index in [0.29, 0.717) is 12.2 Å². The molecular formula is C36H68N14O9S. The van der Waals surface area contributed by atoms with Crippen LogP contribution in [0.1, 0.15) is 79.6 Å². The summed E-state index contributed by atoms with van der Waals surface area (Å²) in [7, 11) is 0. The number of amides is 7. The number of nitrogens with two attached hydrogens (primary N) is 5. The summed E-state index contributed by atoms with van der Waals surface area (Å²) in [5.41, 5.74) is 27.2. The molecule has 0 aliphatic heterocycles. The van der Waals surface area contributed by atoms with E-state index in [2.05, 4.69) is 47.2 Å². The van der Waals surface area contributed by atoms with Gasteiger partial charge in [-0.05, 0) is 69.3 Å². The third kappa shape index (κ3) is 23.9.